The van der Waals surface area contributed by atoms with Crippen LogP contribution in [0.5, 0.6) is 0 Å². The Morgan fingerprint density at radius 3 is 2.50 bits per heavy atom. The van der Waals surface area contributed by atoms with Crippen molar-refractivity contribution in [1.29, 1.82) is 0 Å². The maximum absolute atomic E-state index is 4.89. The predicted octanol–water partition coefficient (Wildman–Crippen LogP) is 0.897. The summed E-state index contributed by atoms with van der Waals surface area (Å²) in [4.78, 5) is 5.69. The Bertz CT molecular complexity index is 143. The van der Waals surface area contributed by atoms with Gasteiger partial charge in [0.25, 0.3) is 0 Å². The van der Waals surface area contributed by atoms with Gasteiger partial charge in [0.15, 0.2) is 5.76 Å². The normalized spacial score (nSPS) is 12.2. The van der Waals surface area contributed by atoms with Gasteiger partial charge in [-0.05, 0) is 0 Å². The van der Waals surface area contributed by atoms with E-state index in [4.69, 9.17) is 4.52 Å². The summed E-state index contributed by atoms with van der Waals surface area (Å²) < 4.78 is 4.89. The summed E-state index contributed by atoms with van der Waals surface area (Å²) in [7, 11) is 7.72. The molecule has 0 aliphatic carbocycles. The van der Waals surface area contributed by atoms with Gasteiger partial charge in [0.1, 0.15) is 0 Å². The van der Waals surface area contributed by atoms with Crippen LogP contribution in [0.4, 0.5) is 0 Å². The lowest BCUT2D eigenvalue weighted by molar-refractivity contribution is 0.485. The monoisotopic (exact) mass is 160 g/mol. The number of rotatable bonds is 3. The first-order valence-corrected chi connectivity index (χ1v) is 3.35. The van der Waals surface area contributed by atoms with Gasteiger partial charge in [-0.1, -0.05) is 0 Å². The Kier molecular flexibility index (Phi) is 4.95. The van der Waals surface area contributed by atoms with Crippen molar-refractivity contribution >= 4 is 15.7 Å². The molecule has 0 aromatic heterocycles. The predicted molar refractivity (Wildman–Crippen MR) is 47.0 cm³/mol. The van der Waals surface area contributed by atoms with E-state index >= 15 is 0 Å². The van der Waals surface area contributed by atoms with Gasteiger partial charge in [-0.25, -0.2) is 0 Å². The van der Waals surface area contributed by atoms with E-state index in [0.717, 1.165) is 5.76 Å². The van der Waals surface area contributed by atoms with E-state index < -0.39 is 0 Å². The topological polar surface area (TPSA) is 24.8 Å². The molecule has 1 atom stereocenters. The second-order valence-electron chi connectivity index (χ2n) is 2.00. The SMILES string of the molecule is CN=C/C(=C/N(C)C)OP. The molecule has 0 heterocycles. The van der Waals surface area contributed by atoms with Gasteiger partial charge in [0.2, 0.25) is 0 Å². The molecule has 0 aromatic rings. The average molecular weight is 160 g/mol. The lowest BCUT2D eigenvalue weighted by atomic mass is 10.5. The molecule has 0 saturated heterocycles. The van der Waals surface area contributed by atoms with Crippen molar-refractivity contribution in [3.05, 3.63) is 12.0 Å². The van der Waals surface area contributed by atoms with Crippen LogP contribution in [0.1, 0.15) is 0 Å². The second-order valence-corrected chi connectivity index (χ2v) is 2.24. The Morgan fingerprint density at radius 1 is 1.60 bits per heavy atom. The quantitative estimate of drug-likeness (QED) is 0.348. The fourth-order valence-corrected chi connectivity index (χ4v) is 0.598. The molecule has 0 saturated carbocycles. The van der Waals surface area contributed by atoms with Gasteiger partial charge in [-0.15, -0.1) is 0 Å². The minimum Gasteiger partial charge on any atom is -0.477 e. The van der Waals surface area contributed by atoms with Gasteiger partial charge in [0, 0.05) is 27.3 Å². The van der Waals surface area contributed by atoms with Gasteiger partial charge in [-0.3, -0.25) is 4.99 Å². The summed E-state index contributed by atoms with van der Waals surface area (Å²) >= 11 is 0. The molecule has 1 unspecified atom stereocenters. The molecule has 0 N–H and O–H groups in total. The summed E-state index contributed by atoms with van der Waals surface area (Å²) in [5.41, 5.74) is 0. The zero-order chi connectivity index (χ0) is 7.98. The van der Waals surface area contributed by atoms with Crippen LogP contribution in [0.15, 0.2) is 17.0 Å². The van der Waals surface area contributed by atoms with Crippen molar-refractivity contribution in [1.82, 2.24) is 4.90 Å². The number of hydrogen-bond acceptors (Lipinski definition) is 3. The molecule has 0 spiro atoms. The molecule has 0 aromatic carbocycles. The van der Waals surface area contributed by atoms with E-state index in [1.54, 1.807) is 13.3 Å². The highest BCUT2D eigenvalue weighted by Crippen LogP contribution is 1.99. The molecule has 10 heavy (non-hydrogen) atoms. The smallest absolute Gasteiger partial charge is 0.156 e. The van der Waals surface area contributed by atoms with E-state index in [0.29, 0.717) is 0 Å². The number of nitrogens with zero attached hydrogens (tertiary/aromatic N) is 2. The van der Waals surface area contributed by atoms with Crippen LogP contribution in [-0.2, 0) is 4.52 Å². The highest BCUT2D eigenvalue weighted by Gasteiger charge is 1.88. The first-order chi connectivity index (χ1) is 4.70. The van der Waals surface area contributed by atoms with Crippen molar-refractivity contribution in [2.75, 3.05) is 21.1 Å². The minimum atomic E-state index is 0.720. The maximum Gasteiger partial charge on any atom is 0.156 e. The van der Waals surface area contributed by atoms with Crippen molar-refractivity contribution in [3.8, 4) is 0 Å². The van der Waals surface area contributed by atoms with E-state index in [1.807, 2.05) is 25.2 Å². The van der Waals surface area contributed by atoms with Gasteiger partial charge in [-0.2, -0.15) is 0 Å². The highest BCUT2D eigenvalue weighted by atomic mass is 31.0. The summed E-state index contributed by atoms with van der Waals surface area (Å²) in [6, 6.07) is 0. The largest absolute Gasteiger partial charge is 0.477 e. The number of allylic oxidation sites excluding steroid dienone is 1. The molecule has 0 aliphatic rings. The summed E-state index contributed by atoms with van der Waals surface area (Å²) in [6.45, 7) is 0. The van der Waals surface area contributed by atoms with E-state index in [1.165, 1.54) is 0 Å². The van der Waals surface area contributed by atoms with Crippen LogP contribution in [0, 0.1) is 0 Å². The van der Waals surface area contributed by atoms with Crippen molar-refractivity contribution < 1.29 is 4.52 Å². The van der Waals surface area contributed by atoms with Crippen LogP contribution in [-0.4, -0.2) is 32.3 Å². The van der Waals surface area contributed by atoms with Crippen molar-refractivity contribution in [3.63, 3.8) is 0 Å². The second kappa shape index (κ2) is 5.24. The third kappa shape index (κ3) is 4.33. The Morgan fingerprint density at radius 2 is 2.20 bits per heavy atom. The third-order valence-electron chi connectivity index (χ3n) is 0.778. The molecular weight excluding hydrogens is 147 g/mol. The van der Waals surface area contributed by atoms with Crippen LogP contribution in [0.2, 0.25) is 0 Å². The van der Waals surface area contributed by atoms with Crippen molar-refractivity contribution in [2.45, 2.75) is 0 Å². The third-order valence-corrected chi connectivity index (χ3v) is 1.05. The molecular formula is C6H13N2OP. The molecule has 0 fully saturated rings. The molecule has 0 radical (unpaired) electrons. The van der Waals surface area contributed by atoms with Gasteiger partial charge in [0.05, 0.1) is 15.7 Å². The van der Waals surface area contributed by atoms with Crippen molar-refractivity contribution in [2.24, 2.45) is 4.99 Å². The zero-order valence-corrected chi connectivity index (χ0v) is 7.69. The Hall–Kier alpha value is -0.560. The lowest BCUT2D eigenvalue weighted by Gasteiger charge is -2.06. The minimum absolute atomic E-state index is 0.720. The molecule has 58 valence electrons. The van der Waals surface area contributed by atoms with E-state index in [-0.39, 0.29) is 0 Å². The lowest BCUT2D eigenvalue weighted by Crippen LogP contribution is -2.03. The molecule has 0 bridgehead atoms. The maximum atomic E-state index is 4.89. The molecule has 0 amide bonds. The van der Waals surface area contributed by atoms with Gasteiger partial charge < -0.3 is 9.42 Å². The molecule has 3 nitrogen and oxygen atoms in total. The molecule has 0 rings (SSSR count). The standard InChI is InChI=1S/C6H13N2OP/c1-7-4-6(9-10)5-8(2)3/h4-5H,10H2,1-3H3/b6-5-,7-4?. The number of hydrogen-bond donors (Lipinski definition) is 0. The zero-order valence-electron chi connectivity index (χ0n) is 6.53. The first-order valence-electron chi connectivity index (χ1n) is 2.88. The Labute approximate surface area is 64.1 Å². The van der Waals surface area contributed by atoms with Crippen LogP contribution in [0.3, 0.4) is 0 Å². The summed E-state index contributed by atoms with van der Waals surface area (Å²) in [5.74, 6) is 0.720. The fraction of sp³-hybridized carbons (Fsp3) is 0.500. The van der Waals surface area contributed by atoms with Crippen LogP contribution >= 0.6 is 9.47 Å². The van der Waals surface area contributed by atoms with Crippen LogP contribution in [0.25, 0.3) is 0 Å². The summed E-state index contributed by atoms with van der Waals surface area (Å²) in [5, 5.41) is 0. The molecule has 4 heteroatoms. The van der Waals surface area contributed by atoms with E-state index in [9.17, 15) is 0 Å². The van der Waals surface area contributed by atoms with E-state index in [2.05, 4.69) is 14.5 Å². The number of aliphatic imine (C=N–C) groups is 1. The average Bonchev–Trinajstić information content (AvgIpc) is 1.86. The summed E-state index contributed by atoms with van der Waals surface area (Å²) in [6.07, 6.45) is 3.48. The fourth-order valence-electron chi connectivity index (χ4n) is 0.476. The van der Waals surface area contributed by atoms with Crippen LogP contribution < -0.4 is 0 Å². The van der Waals surface area contributed by atoms with Gasteiger partial charge >= 0.3 is 0 Å². The highest BCUT2D eigenvalue weighted by molar-refractivity contribution is 7.10. The molecule has 0 aliphatic heterocycles. The first kappa shape index (κ1) is 9.44. The Balaban J connectivity index is 4.04.